The van der Waals surface area contributed by atoms with Crippen molar-refractivity contribution in [3.05, 3.63) is 252 Å². The first-order valence-corrected chi connectivity index (χ1v) is 56.7. The van der Waals surface area contributed by atoms with Crippen LogP contribution >= 0.6 is 0 Å². The van der Waals surface area contributed by atoms with Crippen molar-refractivity contribution in [1.29, 1.82) is 0 Å². The van der Waals surface area contributed by atoms with E-state index in [2.05, 4.69) is 132 Å². The van der Waals surface area contributed by atoms with Crippen molar-refractivity contribution in [3.8, 4) is 0 Å². The minimum Gasteiger partial charge on any atom is -0.209 e. The molecule has 0 atom stereocenters. The average Bonchev–Trinajstić information content (AvgIpc) is 0.785. The van der Waals surface area contributed by atoms with Gasteiger partial charge in [0.15, 0.2) is 0 Å². The van der Waals surface area contributed by atoms with Crippen LogP contribution in [-0.2, 0) is 60.1 Å². The van der Waals surface area contributed by atoms with Crippen LogP contribution in [0, 0.1) is 0 Å². The Morgan fingerprint density at radius 1 is 0.252 bits per heavy atom. The molecule has 1 saturated carbocycles. The fourth-order valence-electron chi connectivity index (χ4n) is 17.8. The van der Waals surface area contributed by atoms with Crippen LogP contribution in [0.5, 0.6) is 0 Å². The van der Waals surface area contributed by atoms with E-state index in [0.717, 1.165) is 135 Å². The number of benzene rings is 12. The Hall–Kier alpha value is -8.34. The molecule has 135 heavy (non-hydrogen) atoms. The van der Waals surface area contributed by atoms with Crippen LogP contribution in [0.1, 0.15) is 333 Å². The van der Waals surface area contributed by atoms with Crippen LogP contribution < -0.4 is 28.3 Å². The number of nitrogens with one attached hydrogen (secondary N) is 6. The predicted molar refractivity (Wildman–Crippen MR) is 570 cm³/mol. The number of fused-ring (bicyclic) bond motifs is 6. The zero-order valence-corrected chi connectivity index (χ0v) is 89.1. The van der Waals surface area contributed by atoms with E-state index in [-0.39, 0.29) is 19.5 Å². The maximum absolute atomic E-state index is 12.9. The fourth-order valence-corrected chi connectivity index (χ4v) is 27.5. The van der Waals surface area contributed by atoms with E-state index in [1.165, 1.54) is 39.8 Å². The van der Waals surface area contributed by atoms with Gasteiger partial charge in [-0.3, -0.25) is 0 Å². The predicted octanol–water partition coefficient (Wildman–Crippen LogP) is 27.8. The van der Waals surface area contributed by atoms with Crippen LogP contribution in [0.25, 0.3) is 64.6 Å². The molecule has 0 saturated heterocycles. The Balaban J connectivity index is 0.000000221. The maximum atomic E-state index is 12.9. The van der Waals surface area contributed by atoms with Gasteiger partial charge in [0, 0.05) is 66.6 Å². The van der Waals surface area contributed by atoms with Crippen molar-refractivity contribution in [2.45, 2.75) is 364 Å². The third kappa shape index (κ3) is 30.1. The highest BCUT2D eigenvalue weighted by molar-refractivity contribution is 7.91. The molecular formula is C111H156N6O12S6. The lowest BCUT2D eigenvalue weighted by Gasteiger charge is -2.26. The Kier molecular flexibility index (Phi) is 40.4. The summed E-state index contributed by atoms with van der Waals surface area (Å²) in [5.41, 5.74) is 5.23. The SMILES string of the molecule is C.CC(C)NS(=O)(=O)c1ccc(C(C)C)c2ccccc12.CC(C)c1ccc(S(=O)(=O)NC2CCCCC2)c2ccccc12.CCC(C)(C)NS(=O)(=O)c1ccc(C(C)C)c2ccccc12.CCCC(C)(C)NS(=O)(=O)c1ccc(C(C)C)c2ccccc12.CCCC(C)(C)NS(=O)(=O)c1ccc(C(C)C)c2ccccc12.CCCC(C)(C)NS(=O)(=O)c1ccc(C(C)C)c2ccccc12. The lowest BCUT2D eigenvalue weighted by molar-refractivity contribution is 0.412. The maximum Gasteiger partial charge on any atom is 0.241 e. The van der Waals surface area contributed by atoms with Gasteiger partial charge in [-0.2, -0.15) is 0 Å². The molecule has 0 aliphatic heterocycles. The lowest BCUT2D eigenvalue weighted by Crippen LogP contribution is -2.43. The number of hydrogen-bond donors (Lipinski definition) is 6. The second-order valence-electron chi connectivity index (χ2n) is 40.4. The quantitative estimate of drug-likeness (QED) is 0.0237. The fraction of sp³-hybridized carbons (Fsp3) is 0.459. The lowest BCUT2D eigenvalue weighted by atomic mass is 9.96. The van der Waals surface area contributed by atoms with Gasteiger partial charge in [0.1, 0.15) is 0 Å². The molecule has 0 unspecified atom stereocenters. The molecule has 1 fully saturated rings. The molecule has 0 heterocycles. The molecule has 0 radical (unpaired) electrons. The minimum absolute atomic E-state index is 0. The van der Waals surface area contributed by atoms with Crippen LogP contribution in [0.2, 0.25) is 0 Å². The highest BCUT2D eigenvalue weighted by Gasteiger charge is 2.34. The molecule has 0 aromatic heterocycles. The van der Waals surface area contributed by atoms with Crippen LogP contribution in [0.15, 0.2) is 248 Å². The van der Waals surface area contributed by atoms with E-state index in [9.17, 15) is 50.5 Å². The van der Waals surface area contributed by atoms with Gasteiger partial charge in [-0.15, -0.1) is 0 Å². The van der Waals surface area contributed by atoms with Crippen molar-refractivity contribution in [3.63, 3.8) is 0 Å². The second kappa shape index (κ2) is 48.0. The minimum atomic E-state index is -3.56. The molecular weight excluding hydrogens is 1800 g/mol. The largest absolute Gasteiger partial charge is 0.241 e. The standard InChI is InChI=1S/C19H25NO2S.3C19H27NO2S.C18H25NO2S.C16H21NO2S.CH4/c1-14(2)16-12-13-19(18-11-7-6-10-17(16)18)23(21,22)20-15-8-4-3-5-9-15;3*1-6-13-19(4,5)20-23(21,22)18-12-11-15(14(2)3)16-9-7-8-10-17(16)18;1-6-18(4,5)19-22(20,21)17-12-11-14(13(2)3)15-9-7-8-10-16(15)17;1-11(2)13-9-10-16(20(18,19)17-12(3)4)15-8-6-5-7-14(13)15;/h6-7,10-15,20H,3-5,8-9H2,1-2H3;3*7-12,14,20H,6,13H2,1-5H3;7-13,19H,6H2,1-5H3;5-12,17H,1-4H3;1H4. The summed E-state index contributed by atoms with van der Waals surface area (Å²) in [5, 5.41) is 10.9. The van der Waals surface area contributed by atoms with Crippen molar-refractivity contribution in [2.24, 2.45) is 0 Å². The molecule has 0 amide bonds. The van der Waals surface area contributed by atoms with Crippen molar-refractivity contribution < 1.29 is 50.5 Å². The highest BCUT2D eigenvalue weighted by atomic mass is 32.2. The van der Waals surface area contributed by atoms with E-state index < -0.39 is 82.3 Å². The third-order valence-electron chi connectivity index (χ3n) is 24.4. The molecule has 1 aliphatic rings. The first-order chi connectivity index (χ1) is 62.5. The van der Waals surface area contributed by atoms with Crippen LogP contribution in [-0.4, -0.2) is 84.7 Å². The van der Waals surface area contributed by atoms with E-state index in [0.29, 0.717) is 64.9 Å². The van der Waals surface area contributed by atoms with Crippen LogP contribution in [0.3, 0.4) is 0 Å². The summed E-state index contributed by atoms with van der Waals surface area (Å²) in [6, 6.07) is 68.4. The summed E-state index contributed by atoms with van der Waals surface area (Å²) < 4.78 is 171. The number of sulfonamides is 6. The Morgan fingerprint density at radius 2 is 0.437 bits per heavy atom. The Labute approximate surface area is 812 Å². The van der Waals surface area contributed by atoms with Gasteiger partial charge in [-0.1, -0.05) is 339 Å². The number of rotatable bonds is 31. The van der Waals surface area contributed by atoms with E-state index in [1.54, 1.807) is 36.4 Å². The molecule has 18 nitrogen and oxygen atoms in total. The monoisotopic (exact) mass is 1960 g/mol. The van der Waals surface area contributed by atoms with Gasteiger partial charge in [0.25, 0.3) is 0 Å². The molecule has 1 aliphatic carbocycles. The van der Waals surface area contributed by atoms with Crippen LogP contribution in [0.4, 0.5) is 0 Å². The second-order valence-corrected chi connectivity index (χ2v) is 50.4. The molecule has 0 spiro atoms. The van der Waals surface area contributed by atoms with E-state index >= 15 is 0 Å². The van der Waals surface area contributed by atoms with Gasteiger partial charge < -0.3 is 0 Å². The third-order valence-corrected chi connectivity index (χ3v) is 34.8. The molecule has 6 N–H and O–H groups in total. The van der Waals surface area contributed by atoms with Crippen molar-refractivity contribution >= 4 is 125 Å². The molecule has 12 aromatic rings. The summed E-state index contributed by atoms with van der Waals surface area (Å²) >= 11 is 0. The average molecular weight is 1960 g/mol. The molecule has 13 rings (SSSR count). The highest BCUT2D eigenvalue weighted by Crippen LogP contribution is 2.39. The van der Waals surface area contributed by atoms with Crippen molar-refractivity contribution in [1.82, 2.24) is 28.3 Å². The van der Waals surface area contributed by atoms with E-state index in [4.69, 9.17) is 0 Å². The molecule has 24 heteroatoms. The first-order valence-electron chi connectivity index (χ1n) is 47.8. The normalized spacial score (nSPS) is 13.5. The van der Waals surface area contributed by atoms with E-state index in [1.807, 2.05) is 258 Å². The van der Waals surface area contributed by atoms with Crippen molar-refractivity contribution in [2.75, 3.05) is 0 Å². The van der Waals surface area contributed by atoms with Gasteiger partial charge >= 0.3 is 0 Å². The van der Waals surface area contributed by atoms with Gasteiger partial charge in [-0.05, 0) is 245 Å². The van der Waals surface area contributed by atoms with Gasteiger partial charge in [-0.25, -0.2) is 78.8 Å². The topological polar surface area (TPSA) is 277 Å². The molecule has 738 valence electrons. The Morgan fingerprint density at radius 3 is 0.622 bits per heavy atom. The number of hydrogen-bond acceptors (Lipinski definition) is 12. The zero-order valence-electron chi connectivity index (χ0n) is 84.2. The molecule has 0 bridgehead atoms. The first kappa shape index (κ1) is 114. The summed E-state index contributed by atoms with van der Waals surface area (Å²) in [5.74, 6) is 2.11. The summed E-state index contributed by atoms with van der Waals surface area (Å²) in [4.78, 5) is 2.20. The smallest absolute Gasteiger partial charge is 0.209 e. The Bertz CT molecular complexity index is 6430. The summed E-state index contributed by atoms with van der Waals surface area (Å²) in [6.45, 7) is 52.6. The van der Waals surface area contributed by atoms with Gasteiger partial charge in [0.05, 0.1) is 29.4 Å². The summed E-state index contributed by atoms with van der Waals surface area (Å²) in [7, 11) is -21.2. The summed E-state index contributed by atoms with van der Waals surface area (Å²) in [6.07, 6.45) is 11.3. The zero-order chi connectivity index (χ0) is 99.7. The van der Waals surface area contributed by atoms with Gasteiger partial charge in [0.2, 0.25) is 60.1 Å². The molecule has 12 aromatic carbocycles.